The Labute approximate surface area is 90.6 Å². The molecule has 2 fully saturated rings. The van der Waals surface area contributed by atoms with E-state index in [1.165, 1.54) is 5.56 Å². The van der Waals surface area contributed by atoms with Gasteiger partial charge in [-0.1, -0.05) is 30.3 Å². The van der Waals surface area contributed by atoms with Gasteiger partial charge in [-0.2, -0.15) is 0 Å². The first kappa shape index (κ1) is 9.37. The van der Waals surface area contributed by atoms with Gasteiger partial charge >= 0.3 is 0 Å². The molecule has 1 heterocycles. The maximum atomic E-state index is 6.07. The summed E-state index contributed by atoms with van der Waals surface area (Å²) >= 11 is 0. The molecular weight excluding hydrogens is 186 g/mol. The van der Waals surface area contributed by atoms with Crippen LogP contribution in [0.1, 0.15) is 18.6 Å². The number of ether oxygens (including phenoxy) is 1. The lowest BCUT2D eigenvalue weighted by Gasteiger charge is -2.15. The second kappa shape index (κ2) is 3.62. The van der Waals surface area contributed by atoms with E-state index >= 15 is 0 Å². The number of nitrogens with one attached hydrogen (secondary N) is 1. The molecule has 1 aromatic rings. The molecule has 0 amide bonds. The van der Waals surface area contributed by atoms with E-state index in [-0.39, 0.29) is 6.10 Å². The Kier molecular flexibility index (Phi) is 2.26. The van der Waals surface area contributed by atoms with Gasteiger partial charge in [-0.15, -0.1) is 0 Å². The van der Waals surface area contributed by atoms with Gasteiger partial charge in [0.2, 0.25) is 0 Å². The Morgan fingerprint density at radius 2 is 1.87 bits per heavy atom. The van der Waals surface area contributed by atoms with E-state index in [0.717, 1.165) is 24.9 Å². The number of hydrogen-bond donors (Lipinski definition) is 1. The molecule has 0 aromatic heterocycles. The summed E-state index contributed by atoms with van der Waals surface area (Å²) in [6.07, 6.45) is 0.753. The van der Waals surface area contributed by atoms with Crippen molar-refractivity contribution in [3.63, 3.8) is 0 Å². The third-order valence-corrected chi connectivity index (χ3v) is 3.64. The zero-order valence-corrected chi connectivity index (χ0v) is 9.02. The minimum atomic E-state index is 0.238. The zero-order valence-electron chi connectivity index (χ0n) is 9.02. The molecule has 3 unspecified atom stereocenters. The van der Waals surface area contributed by atoms with Gasteiger partial charge in [0, 0.05) is 24.9 Å². The molecule has 1 N–H and O–H groups in total. The fourth-order valence-electron chi connectivity index (χ4n) is 2.60. The molecular formula is C13H17NO. The van der Waals surface area contributed by atoms with Crippen molar-refractivity contribution in [2.75, 3.05) is 13.1 Å². The van der Waals surface area contributed by atoms with Crippen molar-refractivity contribution in [1.29, 1.82) is 0 Å². The molecule has 1 saturated carbocycles. The lowest BCUT2D eigenvalue weighted by Crippen LogP contribution is -2.19. The van der Waals surface area contributed by atoms with E-state index in [1.807, 2.05) is 6.07 Å². The number of piperidine rings is 1. The predicted molar refractivity (Wildman–Crippen MR) is 59.6 cm³/mol. The summed E-state index contributed by atoms with van der Waals surface area (Å²) in [6, 6.07) is 10.5. The van der Waals surface area contributed by atoms with E-state index in [1.54, 1.807) is 0 Å². The summed E-state index contributed by atoms with van der Waals surface area (Å²) < 4.78 is 6.07. The average molecular weight is 203 g/mol. The molecule has 1 saturated heterocycles. The van der Waals surface area contributed by atoms with Crippen molar-refractivity contribution in [3.8, 4) is 0 Å². The second-order valence-corrected chi connectivity index (χ2v) is 4.64. The van der Waals surface area contributed by atoms with Crippen LogP contribution in [0.2, 0.25) is 0 Å². The molecule has 0 spiro atoms. The summed E-state index contributed by atoms with van der Waals surface area (Å²) in [5.41, 5.74) is 1.29. The Balaban J connectivity index is 1.60. The standard InChI is InChI=1S/C13H17NO/c1-9(10-5-3-2-4-6-10)15-13-11-7-14-8-12(11)13/h2-6,9,11-14H,7-8H2,1H3. The van der Waals surface area contributed by atoms with Crippen molar-refractivity contribution >= 4 is 0 Å². The Morgan fingerprint density at radius 1 is 1.20 bits per heavy atom. The van der Waals surface area contributed by atoms with E-state index in [2.05, 4.69) is 36.5 Å². The van der Waals surface area contributed by atoms with Crippen molar-refractivity contribution in [1.82, 2.24) is 5.32 Å². The van der Waals surface area contributed by atoms with Crippen molar-refractivity contribution in [2.24, 2.45) is 11.8 Å². The quantitative estimate of drug-likeness (QED) is 0.811. The van der Waals surface area contributed by atoms with Crippen LogP contribution in [0, 0.1) is 11.8 Å². The molecule has 0 radical (unpaired) electrons. The van der Waals surface area contributed by atoms with Crippen LogP contribution in [0.15, 0.2) is 30.3 Å². The maximum Gasteiger partial charge on any atom is 0.0800 e. The van der Waals surface area contributed by atoms with Gasteiger partial charge in [0.25, 0.3) is 0 Å². The van der Waals surface area contributed by atoms with E-state index in [4.69, 9.17) is 4.74 Å². The Morgan fingerprint density at radius 3 is 2.53 bits per heavy atom. The number of fused-ring (bicyclic) bond motifs is 1. The molecule has 80 valence electrons. The summed E-state index contributed by atoms with van der Waals surface area (Å²) in [6.45, 7) is 4.45. The van der Waals surface area contributed by atoms with Crippen LogP contribution in [-0.2, 0) is 4.74 Å². The first-order valence-corrected chi connectivity index (χ1v) is 5.77. The SMILES string of the molecule is CC(OC1C2CNCC21)c1ccccc1. The molecule has 2 nitrogen and oxygen atoms in total. The smallest absolute Gasteiger partial charge is 0.0800 e. The normalized spacial score (nSPS) is 34.9. The fourth-order valence-corrected chi connectivity index (χ4v) is 2.60. The van der Waals surface area contributed by atoms with Crippen molar-refractivity contribution in [2.45, 2.75) is 19.1 Å². The molecule has 3 atom stereocenters. The van der Waals surface area contributed by atoms with Gasteiger partial charge in [-0.25, -0.2) is 0 Å². The maximum absolute atomic E-state index is 6.07. The van der Waals surface area contributed by atoms with Gasteiger partial charge < -0.3 is 10.1 Å². The van der Waals surface area contributed by atoms with Crippen LogP contribution < -0.4 is 5.32 Å². The molecule has 2 heteroatoms. The van der Waals surface area contributed by atoms with E-state index in [9.17, 15) is 0 Å². The highest BCUT2D eigenvalue weighted by Gasteiger charge is 2.54. The third-order valence-electron chi connectivity index (χ3n) is 3.64. The summed E-state index contributed by atoms with van der Waals surface area (Å²) in [7, 11) is 0. The predicted octanol–water partition coefficient (Wildman–Crippen LogP) is 1.98. The summed E-state index contributed by atoms with van der Waals surface area (Å²) in [5.74, 6) is 1.58. The van der Waals surface area contributed by atoms with Crippen LogP contribution >= 0.6 is 0 Å². The molecule has 3 rings (SSSR count). The number of benzene rings is 1. The lowest BCUT2D eigenvalue weighted by atomic mass is 10.1. The van der Waals surface area contributed by atoms with E-state index in [0.29, 0.717) is 6.10 Å². The minimum absolute atomic E-state index is 0.238. The largest absolute Gasteiger partial charge is 0.370 e. The highest BCUT2D eigenvalue weighted by atomic mass is 16.5. The van der Waals surface area contributed by atoms with Crippen molar-refractivity contribution < 1.29 is 4.74 Å². The zero-order chi connectivity index (χ0) is 10.3. The van der Waals surface area contributed by atoms with Crippen LogP contribution in [0.5, 0.6) is 0 Å². The van der Waals surface area contributed by atoms with E-state index < -0.39 is 0 Å². The molecule has 1 aromatic carbocycles. The van der Waals surface area contributed by atoms with Gasteiger partial charge in [-0.3, -0.25) is 0 Å². The van der Waals surface area contributed by atoms with Gasteiger partial charge in [0.15, 0.2) is 0 Å². The van der Waals surface area contributed by atoms with Crippen molar-refractivity contribution in [3.05, 3.63) is 35.9 Å². The van der Waals surface area contributed by atoms with Crippen LogP contribution in [0.3, 0.4) is 0 Å². The molecule has 15 heavy (non-hydrogen) atoms. The Bertz CT molecular complexity index is 328. The number of rotatable bonds is 3. The van der Waals surface area contributed by atoms with Gasteiger partial charge in [-0.05, 0) is 12.5 Å². The Hall–Kier alpha value is -0.860. The molecule has 2 aliphatic rings. The highest BCUT2D eigenvalue weighted by molar-refractivity contribution is 5.17. The average Bonchev–Trinajstić information content (AvgIpc) is 2.75. The first-order chi connectivity index (χ1) is 7.36. The third kappa shape index (κ3) is 1.68. The monoisotopic (exact) mass is 203 g/mol. The van der Waals surface area contributed by atoms with Crippen LogP contribution in [0.4, 0.5) is 0 Å². The molecule has 0 bridgehead atoms. The summed E-state index contributed by atoms with van der Waals surface area (Å²) in [4.78, 5) is 0. The number of hydrogen-bond acceptors (Lipinski definition) is 2. The van der Waals surface area contributed by atoms with Crippen LogP contribution in [-0.4, -0.2) is 19.2 Å². The topological polar surface area (TPSA) is 21.3 Å². The van der Waals surface area contributed by atoms with Gasteiger partial charge in [0.1, 0.15) is 0 Å². The molecule has 1 aliphatic carbocycles. The summed E-state index contributed by atoms with van der Waals surface area (Å²) in [5, 5.41) is 3.38. The lowest BCUT2D eigenvalue weighted by molar-refractivity contribution is 0.0337. The van der Waals surface area contributed by atoms with Gasteiger partial charge in [0.05, 0.1) is 12.2 Å². The molecule has 1 aliphatic heterocycles. The fraction of sp³-hybridized carbons (Fsp3) is 0.538. The second-order valence-electron chi connectivity index (χ2n) is 4.64. The van der Waals surface area contributed by atoms with Crippen LogP contribution in [0.25, 0.3) is 0 Å². The minimum Gasteiger partial charge on any atom is -0.370 e. The first-order valence-electron chi connectivity index (χ1n) is 5.77. The highest BCUT2D eigenvalue weighted by Crippen LogP contribution is 2.46.